The Morgan fingerprint density at radius 2 is 1.55 bits per heavy atom. The summed E-state index contributed by atoms with van der Waals surface area (Å²) in [6, 6.07) is 12.8. The number of nitrogens with one attached hydrogen (secondary N) is 1. The minimum atomic E-state index is -4.19. The number of ether oxygens (including phenoxy) is 1. The molecule has 6 nitrogen and oxygen atoms in total. The molecular weight excluding hydrogens is 304 g/mol. The van der Waals surface area contributed by atoms with Crippen molar-refractivity contribution in [2.24, 2.45) is 0 Å². The maximum atomic E-state index is 11.0. The standard InChI is InChI=1S/C15H12N2O4S/c18-22(19,20)14-7-5-13(6-8-14)21-12-3-1-11(2-4-12)15-16-9-10-17-15/h1-10H,(H,16,17)(H,18,19,20). The summed E-state index contributed by atoms with van der Waals surface area (Å²) < 4.78 is 36.4. The molecule has 1 aromatic heterocycles. The molecule has 3 aromatic rings. The van der Waals surface area contributed by atoms with Gasteiger partial charge in [-0.3, -0.25) is 4.55 Å². The maximum absolute atomic E-state index is 11.0. The van der Waals surface area contributed by atoms with Crippen LogP contribution < -0.4 is 4.74 Å². The molecule has 0 fully saturated rings. The number of nitrogens with zero attached hydrogens (tertiary/aromatic N) is 1. The first-order valence-corrected chi connectivity index (χ1v) is 7.81. The predicted octanol–water partition coefficient (Wildman–Crippen LogP) is 3.12. The van der Waals surface area contributed by atoms with Crippen LogP contribution in [0.4, 0.5) is 0 Å². The van der Waals surface area contributed by atoms with Crippen LogP contribution in [0.2, 0.25) is 0 Å². The lowest BCUT2D eigenvalue weighted by Crippen LogP contribution is -1.97. The average Bonchev–Trinajstić information content (AvgIpc) is 3.02. The molecule has 0 aliphatic carbocycles. The molecule has 22 heavy (non-hydrogen) atoms. The quantitative estimate of drug-likeness (QED) is 0.721. The van der Waals surface area contributed by atoms with Gasteiger partial charge in [0.1, 0.15) is 17.3 Å². The van der Waals surface area contributed by atoms with Crippen molar-refractivity contribution in [3.05, 3.63) is 60.9 Å². The molecule has 2 aromatic carbocycles. The van der Waals surface area contributed by atoms with Gasteiger partial charge in [0.15, 0.2) is 0 Å². The minimum absolute atomic E-state index is 0.173. The van der Waals surface area contributed by atoms with E-state index in [1.165, 1.54) is 24.3 Å². The van der Waals surface area contributed by atoms with Crippen molar-refractivity contribution >= 4 is 10.1 Å². The lowest BCUT2D eigenvalue weighted by Gasteiger charge is -2.06. The third kappa shape index (κ3) is 3.16. The number of rotatable bonds is 4. The Labute approximate surface area is 127 Å². The summed E-state index contributed by atoms with van der Waals surface area (Å²) in [5, 5.41) is 0. The Morgan fingerprint density at radius 3 is 2.05 bits per heavy atom. The third-order valence-electron chi connectivity index (χ3n) is 2.98. The monoisotopic (exact) mass is 316 g/mol. The van der Waals surface area contributed by atoms with Crippen LogP contribution in [0, 0.1) is 0 Å². The Hall–Kier alpha value is -2.64. The van der Waals surface area contributed by atoms with E-state index in [2.05, 4.69) is 9.97 Å². The molecule has 2 N–H and O–H groups in total. The number of aromatic nitrogens is 2. The molecule has 0 amide bonds. The van der Waals surface area contributed by atoms with Crippen molar-refractivity contribution in [2.75, 3.05) is 0 Å². The van der Waals surface area contributed by atoms with Gasteiger partial charge in [0, 0.05) is 18.0 Å². The van der Waals surface area contributed by atoms with E-state index in [9.17, 15) is 8.42 Å². The van der Waals surface area contributed by atoms with Gasteiger partial charge >= 0.3 is 0 Å². The largest absolute Gasteiger partial charge is 0.457 e. The zero-order valence-electron chi connectivity index (χ0n) is 11.3. The molecule has 0 aliphatic heterocycles. The highest BCUT2D eigenvalue weighted by molar-refractivity contribution is 7.85. The van der Waals surface area contributed by atoms with Crippen molar-refractivity contribution in [1.82, 2.24) is 9.97 Å². The van der Waals surface area contributed by atoms with E-state index in [4.69, 9.17) is 9.29 Å². The van der Waals surface area contributed by atoms with Gasteiger partial charge in [-0.2, -0.15) is 8.42 Å². The molecule has 3 rings (SSSR count). The lowest BCUT2D eigenvalue weighted by molar-refractivity contribution is 0.478. The van der Waals surface area contributed by atoms with Gasteiger partial charge in [-0.1, -0.05) is 0 Å². The normalized spacial score (nSPS) is 11.3. The van der Waals surface area contributed by atoms with Crippen molar-refractivity contribution in [1.29, 1.82) is 0 Å². The highest BCUT2D eigenvalue weighted by Crippen LogP contribution is 2.25. The first-order valence-electron chi connectivity index (χ1n) is 6.37. The number of H-pyrrole nitrogens is 1. The van der Waals surface area contributed by atoms with Crippen LogP contribution in [-0.4, -0.2) is 22.9 Å². The van der Waals surface area contributed by atoms with Crippen LogP contribution >= 0.6 is 0 Å². The fourth-order valence-electron chi connectivity index (χ4n) is 1.92. The number of hydrogen-bond acceptors (Lipinski definition) is 4. The van der Waals surface area contributed by atoms with E-state index >= 15 is 0 Å². The fourth-order valence-corrected chi connectivity index (χ4v) is 2.40. The number of aromatic amines is 1. The van der Waals surface area contributed by atoms with E-state index in [0.29, 0.717) is 11.5 Å². The number of hydrogen-bond donors (Lipinski definition) is 2. The second kappa shape index (κ2) is 5.63. The van der Waals surface area contributed by atoms with Crippen LogP contribution in [0.5, 0.6) is 11.5 Å². The first kappa shape index (κ1) is 14.3. The lowest BCUT2D eigenvalue weighted by atomic mass is 10.2. The van der Waals surface area contributed by atoms with Crippen molar-refractivity contribution in [3.8, 4) is 22.9 Å². The predicted molar refractivity (Wildman–Crippen MR) is 80.4 cm³/mol. The molecule has 0 saturated heterocycles. The van der Waals surface area contributed by atoms with Gasteiger partial charge < -0.3 is 9.72 Å². The van der Waals surface area contributed by atoms with E-state index in [-0.39, 0.29) is 4.90 Å². The molecule has 0 bridgehead atoms. The van der Waals surface area contributed by atoms with E-state index < -0.39 is 10.1 Å². The van der Waals surface area contributed by atoms with Gasteiger partial charge in [-0.05, 0) is 48.5 Å². The van der Waals surface area contributed by atoms with E-state index in [1.807, 2.05) is 12.1 Å². The second-order valence-electron chi connectivity index (χ2n) is 4.51. The molecule has 0 aliphatic rings. The fraction of sp³-hybridized carbons (Fsp3) is 0. The molecule has 0 radical (unpaired) electrons. The molecule has 0 unspecified atom stereocenters. The van der Waals surface area contributed by atoms with Crippen LogP contribution in [0.1, 0.15) is 0 Å². The van der Waals surface area contributed by atoms with E-state index in [0.717, 1.165) is 11.4 Å². The summed E-state index contributed by atoms with van der Waals surface area (Å²) in [7, 11) is -4.19. The minimum Gasteiger partial charge on any atom is -0.457 e. The Kier molecular flexibility index (Phi) is 3.66. The highest BCUT2D eigenvalue weighted by Gasteiger charge is 2.09. The van der Waals surface area contributed by atoms with Crippen LogP contribution in [0.3, 0.4) is 0 Å². The molecule has 0 atom stereocenters. The van der Waals surface area contributed by atoms with E-state index in [1.54, 1.807) is 24.5 Å². The molecular formula is C15H12N2O4S. The van der Waals surface area contributed by atoms with Gasteiger partial charge in [0.2, 0.25) is 0 Å². The Balaban J connectivity index is 1.76. The molecule has 112 valence electrons. The number of benzene rings is 2. The van der Waals surface area contributed by atoms with Gasteiger partial charge in [0.25, 0.3) is 10.1 Å². The van der Waals surface area contributed by atoms with Crippen LogP contribution in [0.25, 0.3) is 11.4 Å². The van der Waals surface area contributed by atoms with Crippen molar-refractivity contribution in [3.63, 3.8) is 0 Å². The molecule has 0 saturated carbocycles. The summed E-state index contributed by atoms with van der Waals surface area (Å²) in [4.78, 5) is 6.99. The highest BCUT2D eigenvalue weighted by atomic mass is 32.2. The smallest absolute Gasteiger partial charge is 0.294 e. The Bertz CT molecular complexity index is 855. The van der Waals surface area contributed by atoms with Crippen molar-refractivity contribution in [2.45, 2.75) is 4.90 Å². The van der Waals surface area contributed by atoms with Crippen molar-refractivity contribution < 1.29 is 17.7 Å². The summed E-state index contributed by atoms with van der Waals surface area (Å²) >= 11 is 0. The molecule has 7 heteroatoms. The summed E-state index contributed by atoms with van der Waals surface area (Å²) in [6.07, 6.45) is 3.42. The summed E-state index contributed by atoms with van der Waals surface area (Å²) in [5.74, 6) is 1.84. The number of imidazole rings is 1. The van der Waals surface area contributed by atoms with Gasteiger partial charge in [-0.15, -0.1) is 0 Å². The third-order valence-corrected chi connectivity index (χ3v) is 3.85. The first-order chi connectivity index (χ1) is 10.5. The zero-order valence-corrected chi connectivity index (χ0v) is 12.1. The average molecular weight is 316 g/mol. The molecule has 0 spiro atoms. The van der Waals surface area contributed by atoms with Crippen LogP contribution in [-0.2, 0) is 10.1 Å². The summed E-state index contributed by atoms with van der Waals surface area (Å²) in [5.41, 5.74) is 0.930. The van der Waals surface area contributed by atoms with Gasteiger partial charge in [0.05, 0.1) is 4.90 Å². The zero-order chi connectivity index (χ0) is 15.6. The van der Waals surface area contributed by atoms with Crippen LogP contribution in [0.15, 0.2) is 65.8 Å². The topological polar surface area (TPSA) is 92.3 Å². The SMILES string of the molecule is O=S(=O)(O)c1ccc(Oc2ccc(-c3ncc[nH]3)cc2)cc1. The second-order valence-corrected chi connectivity index (χ2v) is 5.93. The maximum Gasteiger partial charge on any atom is 0.294 e. The summed E-state index contributed by atoms with van der Waals surface area (Å²) in [6.45, 7) is 0. The molecule has 1 heterocycles. The van der Waals surface area contributed by atoms with Gasteiger partial charge in [-0.25, -0.2) is 4.98 Å². The Morgan fingerprint density at radius 1 is 0.955 bits per heavy atom.